The number of likely N-dealkylation sites (tertiary alicyclic amines) is 1. The van der Waals surface area contributed by atoms with Crippen LogP contribution < -0.4 is 5.32 Å². The van der Waals surface area contributed by atoms with Crippen molar-refractivity contribution in [1.82, 2.24) is 10.2 Å². The highest BCUT2D eigenvalue weighted by molar-refractivity contribution is 6.35. The summed E-state index contributed by atoms with van der Waals surface area (Å²) in [6, 6.07) is 20.1. The van der Waals surface area contributed by atoms with Crippen LogP contribution in [0.5, 0.6) is 0 Å². The van der Waals surface area contributed by atoms with E-state index in [1.54, 1.807) is 0 Å². The standard InChI is InChI=1S/C24H24Cl2N2O/c25-22-11-4-12-23(26)21(22)16-28-13-5-9-19(15-28)24(29)27-14-18-8-3-7-17-6-1-2-10-20(17)18/h1-4,6-8,10-12,19H,5,9,13-16H2,(H,27,29). The number of hydrogen-bond acceptors (Lipinski definition) is 2. The van der Waals surface area contributed by atoms with Crippen molar-refractivity contribution in [2.24, 2.45) is 5.92 Å². The van der Waals surface area contributed by atoms with Crippen molar-refractivity contribution in [2.75, 3.05) is 13.1 Å². The predicted molar refractivity (Wildman–Crippen MR) is 120 cm³/mol. The Morgan fingerprint density at radius 2 is 1.72 bits per heavy atom. The average Bonchev–Trinajstić information content (AvgIpc) is 2.75. The number of benzene rings is 3. The molecule has 1 fully saturated rings. The van der Waals surface area contributed by atoms with Crippen molar-refractivity contribution >= 4 is 39.9 Å². The maximum atomic E-state index is 12.8. The van der Waals surface area contributed by atoms with Gasteiger partial charge in [0.15, 0.2) is 0 Å². The molecule has 150 valence electrons. The van der Waals surface area contributed by atoms with Gasteiger partial charge in [-0.3, -0.25) is 9.69 Å². The molecule has 3 nitrogen and oxygen atoms in total. The molecule has 1 N–H and O–H groups in total. The van der Waals surface area contributed by atoms with Gasteiger partial charge in [-0.05, 0) is 47.9 Å². The van der Waals surface area contributed by atoms with Crippen LogP contribution in [0.15, 0.2) is 60.7 Å². The van der Waals surface area contributed by atoms with E-state index in [-0.39, 0.29) is 11.8 Å². The van der Waals surface area contributed by atoms with Crippen LogP contribution in [-0.2, 0) is 17.9 Å². The van der Waals surface area contributed by atoms with E-state index in [2.05, 4.69) is 34.5 Å². The van der Waals surface area contributed by atoms with Gasteiger partial charge in [-0.25, -0.2) is 0 Å². The van der Waals surface area contributed by atoms with E-state index < -0.39 is 0 Å². The summed E-state index contributed by atoms with van der Waals surface area (Å²) >= 11 is 12.6. The highest BCUT2D eigenvalue weighted by atomic mass is 35.5. The quantitative estimate of drug-likeness (QED) is 0.569. The molecule has 3 aromatic rings. The molecule has 1 heterocycles. The van der Waals surface area contributed by atoms with Crippen LogP contribution in [0.3, 0.4) is 0 Å². The van der Waals surface area contributed by atoms with Gasteiger partial charge in [-0.15, -0.1) is 0 Å². The lowest BCUT2D eigenvalue weighted by Gasteiger charge is -2.32. The second-order valence-electron chi connectivity index (χ2n) is 7.63. The summed E-state index contributed by atoms with van der Waals surface area (Å²) in [5.74, 6) is 0.105. The lowest BCUT2D eigenvalue weighted by atomic mass is 9.96. The summed E-state index contributed by atoms with van der Waals surface area (Å²) in [5, 5.41) is 6.89. The molecule has 1 atom stereocenters. The Balaban J connectivity index is 1.39. The normalized spacial score (nSPS) is 17.4. The minimum atomic E-state index is -0.0139. The number of carbonyl (C=O) groups is 1. The maximum absolute atomic E-state index is 12.8. The van der Waals surface area contributed by atoms with Gasteiger partial charge >= 0.3 is 0 Å². The van der Waals surface area contributed by atoms with E-state index in [0.29, 0.717) is 23.1 Å². The second kappa shape index (κ2) is 9.17. The molecule has 3 aromatic carbocycles. The van der Waals surface area contributed by atoms with Crippen LogP contribution in [0, 0.1) is 5.92 Å². The number of nitrogens with zero attached hydrogens (tertiary/aromatic N) is 1. The van der Waals surface area contributed by atoms with E-state index >= 15 is 0 Å². The number of piperidine rings is 1. The third kappa shape index (κ3) is 4.75. The Morgan fingerprint density at radius 3 is 2.55 bits per heavy atom. The molecule has 0 radical (unpaired) electrons. The number of amides is 1. The largest absolute Gasteiger partial charge is 0.352 e. The van der Waals surface area contributed by atoms with Crippen LogP contribution in [-0.4, -0.2) is 23.9 Å². The zero-order valence-corrected chi connectivity index (χ0v) is 17.7. The third-order valence-corrected chi connectivity index (χ3v) is 6.36. The molecule has 0 bridgehead atoms. The van der Waals surface area contributed by atoms with Gasteiger partial charge in [-0.1, -0.05) is 71.7 Å². The van der Waals surface area contributed by atoms with Crippen molar-refractivity contribution in [3.63, 3.8) is 0 Å². The van der Waals surface area contributed by atoms with Crippen molar-refractivity contribution in [1.29, 1.82) is 0 Å². The number of halogens is 2. The smallest absolute Gasteiger partial charge is 0.224 e. The van der Waals surface area contributed by atoms with Crippen molar-refractivity contribution in [3.8, 4) is 0 Å². The predicted octanol–water partition coefficient (Wildman–Crippen LogP) is 5.68. The van der Waals surface area contributed by atoms with E-state index in [0.717, 1.165) is 37.1 Å². The molecule has 0 saturated carbocycles. The minimum Gasteiger partial charge on any atom is -0.352 e. The Hall–Kier alpha value is -2.07. The van der Waals surface area contributed by atoms with E-state index in [4.69, 9.17) is 23.2 Å². The van der Waals surface area contributed by atoms with Gasteiger partial charge in [0.2, 0.25) is 5.91 Å². The summed E-state index contributed by atoms with van der Waals surface area (Å²) in [7, 11) is 0. The topological polar surface area (TPSA) is 32.3 Å². The van der Waals surface area contributed by atoms with Crippen LogP contribution in [0.25, 0.3) is 10.8 Å². The maximum Gasteiger partial charge on any atom is 0.224 e. The molecule has 5 heteroatoms. The second-order valence-corrected chi connectivity index (χ2v) is 8.44. The molecule has 4 rings (SSSR count). The molecular weight excluding hydrogens is 403 g/mol. The SMILES string of the molecule is O=C(NCc1cccc2ccccc12)C1CCCN(Cc2c(Cl)cccc2Cl)C1. The molecule has 1 unspecified atom stereocenters. The molecular formula is C24H24Cl2N2O. The molecule has 1 aliphatic heterocycles. The Labute approximate surface area is 181 Å². The van der Waals surface area contributed by atoms with Crippen molar-refractivity contribution < 1.29 is 4.79 Å². The number of hydrogen-bond donors (Lipinski definition) is 1. The molecule has 29 heavy (non-hydrogen) atoms. The highest BCUT2D eigenvalue weighted by Gasteiger charge is 2.26. The van der Waals surface area contributed by atoms with E-state index in [1.807, 2.05) is 36.4 Å². The van der Waals surface area contributed by atoms with Crippen molar-refractivity contribution in [3.05, 3.63) is 81.8 Å². The van der Waals surface area contributed by atoms with Gasteiger partial charge in [0.25, 0.3) is 0 Å². The first kappa shape index (κ1) is 20.2. The summed E-state index contributed by atoms with van der Waals surface area (Å²) in [5.41, 5.74) is 2.08. The Morgan fingerprint density at radius 1 is 1.00 bits per heavy atom. The number of fused-ring (bicyclic) bond motifs is 1. The lowest BCUT2D eigenvalue weighted by molar-refractivity contribution is -0.126. The first-order valence-corrected chi connectivity index (χ1v) is 10.8. The van der Waals surface area contributed by atoms with Crippen LogP contribution >= 0.6 is 23.2 Å². The monoisotopic (exact) mass is 426 g/mol. The minimum absolute atomic E-state index is 0.0139. The summed E-state index contributed by atoms with van der Waals surface area (Å²) in [4.78, 5) is 15.1. The molecule has 1 aliphatic rings. The molecule has 0 aliphatic carbocycles. The fourth-order valence-corrected chi connectivity index (χ4v) is 4.61. The summed E-state index contributed by atoms with van der Waals surface area (Å²) in [6.45, 7) is 2.90. The van der Waals surface area contributed by atoms with Gasteiger partial charge < -0.3 is 5.32 Å². The number of carbonyl (C=O) groups excluding carboxylic acids is 1. The highest BCUT2D eigenvalue weighted by Crippen LogP contribution is 2.28. The first-order chi connectivity index (χ1) is 14.1. The van der Waals surface area contributed by atoms with Crippen molar-refractivity contribution in [2.45, 2.75) is 25.9 Å². The molecule has 0 aromatic heterocycles. The number of rotatable bonds is 5. The van der Waals surface area contributed by atoms with E-state index in [1.165, 1.54) is 10.8 Å². The zero-order valence-electron chi connectivity index (χ0n) is 16.2. The third-order valence-electron chi connectivity index (χ3n) is 5.65. The number of nitrogens with one attached hydrogen (secondary N) is 1. The van der Waals surface area contributed by atoms with Crippen LogP contribution in [0.4, 0.5) is 0 Å². The first-order valence-electron chi connectivity index (χ1n) is 10.0. The Bertz CT molecular complexity index is 995. The van der Waals surface area contributed by atoms with Gasteiger partial charge in [0, 0.05) is 35.2 Å². The van der Waals surface area contributed by atoms with Crippen LogP contribution in [0.1, 0.15) is 24.0 Å². The summed E-state index contributed by atoms with van der Waals surface area (Å²) in [6.07, 6.45) is 1.91. The van der Waals surface area contributed by atoms with Gasteiger partial charge in [0.1, 0.15) is 0 Å². The van der Waals surface area contributed by atoms with Gasteiger partial charge in [0.05, 0.1) is 5.92 Å². The zero-order chi connectivity index (χ0) is 20.2. The van der Waals surface area contributed by atoms with Crippen LogP contribution in [0.2, 0.25) is 10.0 Å². The Kier molecular flexibility index (Phi) is 6.39. The molecule has 0 spiro atoms. The summed E-state index contributed by atoms with van der Waals surface area (Å²) < 4.78 is 0. The fraction of sp³-hybridized carbons (Fsp3) is 0.292. The molecule has 1 amide bonds. The fourth-order valence-electron chi connectivity index (χ4n) is 4.09. The van der Waals surface area contributed by atoms with E-state index in [9.17, 15) is 4.79 Å². The molecule has 1 saturated heterocycles. The average molecular weight is 427 g/mol. The van der Waals surface area contributed by atoms with Gasteiger partial charge in [-0.2, -0.15) is 0 Å². The lowest BCUT2D eigenvalue weighted by Crippen LogP contribution is -2.42.